The molecule has 0 bridgehead atoms. The molecular formula is C31H30N6O3. The summed E-state index contributed by atoms with van der Waals surface area (Å²) in [4.78, 5) is 19.1. The molecule has 4 heterocycles. The normalized spacial score (nSPS) is 16.4. The van der Waals surface area contributed by atoms with E-state index in [1.807, 2.05) is 41.1 Å². The first-order chi connectivity index (χ1) is 19.7. The van der Waals surface area contributed by atoms with Crippen LogP contribution in [0.2, 0.25) is 0 Å². The van der Waals surface area contributed by atoms with E-state index in [0.717, 1.165) is 43.3 Å². The van der Waals surface area contributed by atoms with Crippen molar-refractivity contribution in [1.82, 2.24) is 30.1 Å². The Morgan fingerprint density at radius 2 is 1.60 bits per heavy atom. The number of aromatic amines is 1. The van der Waals surface area contributed by atoms with Crippen LogP contribution in [0.25, 0.3) is 10.9 Å². The molecule has 1 atom stereocenters. The maximum Gasteiger partial charge on any atom is 0.253 e. The van der Waals surface area contributed by atoms with Crippen LogP contribution in [-0.4, -0.2) is 50.0 Å². The first-order valence-corrected chi connectivity index (χ1v) is 13.8. The van der Waals surface area contributed by atoms with Gasteiger partial charge in [-0.3, -0.25) is 9.69 Å². The maximum atomic E-state index is 13.7. The number of benzene rings is 3. The Balaban J connectivity index is 1.25. The van der Waals surface area contributed by atoms with Crippen molar-refractivity contribution in [2.24, 2.45) is 5.92 Å². The number of nitrogens with one attached hydrogen (secondary N) is 1. The molecule has 40 heavy (non-hydrogen) atoms. The summed E-state index contributed by atoms with van der Waals surface area (Å²) in [6.45, 7) is 2.39. The van der Waals surface area contributed by atoms with Crippen LogP contribution in [0.15, 0.2) is 83.7 Å². The molecule has 2 aromatic heterocycles. The van der Waals surface area contributed by atoms with E-state index >= 15 is 0 Å². The lowest BCUT2D eigenvalue weighted by molar-refractivity contribution is 0.143. The van der Waals surface area contributed by atoms with Gasteiger partial charge >= 0.3 is 0 Å². The van der Waals surface area contributed by atoms with Crippen molar-refractivity contribution in [3.8, 4) is 11.5 Å². The molecular weight excluding hydrogens is 504 g/mol. The number of rotatable bonds is 7. The highest BCUT2D eigenvalue weighted by Crippen LogP contribution is 2.37. The van der Waals surface area contributed by atoms with Gasteiger partial charge in [-0.15, -0.1) is 5.10 Å². The highest BCUT2D eigenvalue weighted by molar-refractivity contribution is 5.83. The number of likely N-dealkylation sites (tertiary alicyclic amines) is 1. The van der Waals surface area contributed by atoms with Gasteiger partial charge in [0.2, 0.25) is 6.79 Å². The molecule has 3 aromatic carbocycles. The Morgan fingerprint density at radius 3 is 2.35 bits per heavy atom. The van der Waals surface area contributed by atoms with Crippen molar-refractivity contribution < 1.29 is 9.47 Å². The van der Waals surface area contributed by atoms with Crippen LogP contribution in [0.4, 0.5) is 0 Å². The molecule has 1 fully saturated rings. The molecule has 1 N–H and O–H groups in total. The fourth-order valence-corrected chi connectivity index (χ4v) is 5.95. The summed E-state index contributed by atoms with van der Waals surface area (Å²) < 4.78 is 13.0. The van der Waals surface area contributed by atoms with Crippen LogP contribution in [0.1, 0.15) is 41.4 Å². The van der Waals surface area contributed by atoms with Crippen LogP contribution < -0.4 is 15.0 Å². The number of nitrogens with zero attached hydrogens (tertiary/aromatic N) is 5. The quantitative estimate of drug-likeness (QED) is 0.332. The first kappa shape index (κ1) is 24.5. The number of H-pyrrole nitrogens is 1. The third-order valence-electron chi connectivity index (χ3n) is 8.02. The summed E-state index contributed by atoms with van der Waals surface area (Å²) in [5, 5.41) is 13.8. The highest BCUT2D eigenvalue weighted by atomic mass is 16.7. The number of tetrazole rings is 1. The second-order valence-corrected chi connectivity index (χ2v) is 10.6. The van der Waals surface area contributed by atoms with Crippen LogP contribution in [0.5, 0.6) is 11.5 Å². The van der Waals surface area contributed by atoms with Gasteiger partial charge in [0.1, 0.15) is 6.04 Å². The lowest BCUT2D eigenvalue weighted by Gasteiger charge is -2.37. The van der Waals surface area contributed by atoms with Crippen LogP contribution in [-0.2, 0) is 13.0 Å². The summed E-state index contributed by atoms with van der Waals surface area (Å²) in [6, 6.07) is 26.1. The third kappa shape index (κ3) is 4.84. The van der Waals surface area contributed by atoms with Crippen molar-refractivity contribution in [2.75, 3.05) is 19.9 Å². The summed E-state index contributed by atoms with van der Waals surface area (Å²) in [5.41, 5.74) is 3.64. The van der Waals surface area contributed by atoms with Crippen LogP contribution in [0, 0.1) is 5.92 Å². The monoisotopic (exact) mass is 534 g/mol. The standard InChI is InChI=1S/C31H30N6O3/c38-31-25(16-24-17-27-28(40-20-39-27)18-26(24)32-31)29(30-33-34-35-37(30)19-23-9-5-2-6-10-23)36-13-11-22(12-14-36)15-21-7-3-1-4-8-21/h1-10,16-18,22,29H,11-15,19-20H2,(H,32,38)/t29-/m1/s1. The molecule has 0 spiro atoms. The second kappa shape index (κ2) is 10.6. The van der Waals surface area contributed by atoms with E-state index in [9.17, 15) is 4.79 Å². The van der Waals surface area contributed by atoms with Gasteiger partial charge in [-0.2, -0.15) is 0 Å². The molecule has 0 unspecified atom stereocenters. The molecule has 5 aromatic rings. The number of hydrogen-bond acceptors (Lipinski definition) is 7. The number of piperidine rings is 1. The van der Waals surface area contributed by atoms with Crippen molar-refractivity contribution in [3.05, 3.63) is 112 Å². The minimum atomic E-state index is -0.394. The smallest absolute Gasteiger partial charge is 0.253 e. The summed E-state index contributed by atoms with van der Waals surface area (Å²) in [6.07, 6.45) is 3.14. The first-order valence-electron chi connectivity index (χ1n) is 13.8. The largest absolute Gasteiger partial charge is 0.454 e. The predicted molar refractivity (Wildman–Crippen MR) is 150 cm³/mol. The maximum absolute atomic E-state index is 13.7. The molecule has 0 saturated carbocycles. The molecule has 9 nitrogen and oxygen atoms in total. The molecule has 2 aliphatic rings. The van der Waals surface area contributed by atoms with Gasteiger partial charge in [-0.05, 0) is 72.0 Å². The van der Waals surface area contributed by atoms with E-state index in [4.69, 9.17) is 9.47 Å². The number of hydrogen-bond donors (Lipinski definition) is 1. The van der Waals surface area contributed by atoms with Gasteiger partial charge in [0.05, 0.1) is 12.1 Å². The highest BCUT2D eigenvalue weighted by Gasteiger charge is 2.33. The second-order valence-electron chi connectivity index (χ2n) is 10.6. The van der Waals surface area contributed by atoms with Crippen molar-refractivity contribution in [3.63, 3.8) is 0 Å². The Morgan fingerprint density at radius 1 is 0.900 bits per heavy atom. The van der Waals surface area contributed by atoms with E-state index in [0.29, 0.717) is 40.9 Å². The van der Waals surface area contributed by atoms with Gasteiger partial charge in [-0.1, -0.05) is 60.7 Å². The summed E-state index contributed by atoms with van der Waals surface area (Å²) in [5.74, 6) is 2.57. The Bertz CT molecular complexity index is 1680. The van der Waals surface area contributed by atoms with E-state index in [-0.39, 0.29) is 12.4 Å². The van der Waals surface area contributed by atoms with E-state index in [1.54, 1.807) is 0 Å². The predicted octanol–water partition coefficient (Wildman–Crippen LogP) is 4.34. The summed E-state index contributed by atoms with van der Waals surface area (Å²) in [7, 11) is 0. The number of pyridine rings is 1. The molecule has 9 heteroatoms. The van der Waals surface area contributed by atoms with Gasteiger partial charge in [0.25, 0.3) is 5.56 Å². The fourth-order valence-electron chi connectivity index (χ4n) is 5.95. The van der Waals surface area contributed by atoms with Crippen LogP contribution >= 0.6 is 0 Å². The zero-order valence-corrected chi connectivity index (χ0v) is 22.1. The molecule has 2 aliphatic heterocycles. The number of fused-ring (bicyclic) bond motifs is 2. The van der Waals surface area contributed by atoms with Crippen LogP contribution in [0.3, 0.4) is 0 Å². The van der Waals surface area contributed by atoms with Crippen molar-refractivity contribution >= 4 is 10.9 Å². The van der Waals surface area contributed by atoms with E-state index < -0.39 is 6.04 Å². The molecule has 202 valence electrons. The third-order valence-corrected chi connectivity index (χ3v) is 8.02. The average Bonchev–Trinajstić information content (AvgIpc) is 3.63. The molecule has 0 aliphatic carbocycles. The Hall–Kier alpha value is -4.50. The summed E-state index contributed by atoms with van der Waals surface area (Å²) >= 11 is 0. The number of aromatic nitrogens is 5. The van der Waals surface area contributed by atoms with Gasteiger partial charge in [0, 0.05) is 17.0 Å². The zero-order valence-electron chi connectivity index (χ0n) is 22.1. The van der Waals surface area contributed by atoms with Gasteiger partial charge in [-0.25, -0.2) is 4.68 Å². The topological polar surface area (TPSA) is 98.2 Å². The van der Waals surface area contributed by atoms with E-state index in [2.05, 4.69) is 67.9 Å². The lowest BCUT2D eigenvalue weighted by Crippen LogP contribution is -2.41. The van der Waals surface area contributed by atoms with Gasteiger partial charge in [0.15, 0.2) is 17.3 Å². The Kier molecular flexibility index (Phi) is 6.49. The van der Waals surface area contributed by atoms with E-state index in [1.165, 1.54) is 5.56 Å². The van der Waals surface area contributed by atoms with Crippen molar-refractivity contribution in [2.45, 2.75) is 31.8 Å². The molecule has 0 amide bonds. The van der Waals surface area contributed by atoms with Gasteiger partial charge < -0.3 is 14.5 Å². The number of ether oxygens (including phenoxy) is 2. The zero-order chi connectivity index (χ0) is 26.9. The molecule has 7 rings (SSSR count). The Labute approximate surface area is 231 Å². The minimum absolute atomic E-state index is 0.156. The molecule has 1 saturated heterocycles. The lowest BCUT2D eigenvalue weighted by atomic mass is 9.89. The SMILES string of the molecule is O=c1[nH]c2cc3c(cc2cc1[C@H](c1nnnn1Cc1ccccc1)N1CCC(Cc2ccccc2)CC1)OCO3. The fraction of sp³-hybridized carbons (Fsp3) is 0.290. The minimum Gasteiger partial charge on any atom is -0.454 e. The molecule has 0 radical (unpaired) electrons. The van der Waals surface area contributed by atoms with Crippen molar-refractivity contribution in [1.29, 1.82) is 0 Å². The average molecular weight is 535 g/mol.